The van der Waals surface area contributed by atoms with Gasteiger partial charge in [0.2, 0.25) is 0 Å². The van der Waals surface area contributed by atoms with E-state index in [0.717, 1.165) is 17.7 Å². The van der Waals surface area contributed by atoms with Crippen LogP contribution in [-0.2, 0) is 11.2 Å². The maximum atomic E-state index is 11.2. The van der Waals surface area contributed by atoms with Crippen molar-refractivity contribution in [1.82, 2.24) is 4.90 Å². The minimum Gasteiger partial charge on any atom is -0.448 e. The van der Waals surface area contributed by atoms with Crippen LogP contribution in [0.5, 0.6) is 0 Å². The topological polar surface area (TPSA) is 55.6 Å². The van der Waals surface area contributed by atoms with Gasteiger partial charge < -0.3 is 15.4 Å². The summed E-state index contributed by atoms with van der Waals surface area (Å²) in [5.41, 5.74) is 7.67. The highest BCUT2D eigenvalue weighted by molar-refractivity contribution is 5.69. The third-order valence-electron chi connectivity index (χ3n) is 2.55. The van der Waals surface area contributed by atoms with E-state index >= 15 is 0 Å². The summed E-state index contributed by atoms with van der Waals surface area (Å²) in [6.45, 7) is 1.86. The first-order valence-electron chi connectivity index (χ1n) is 5.02. The molecule has 1 amide bonds. The molecule has 0 spiro atoms. The molecule has 0 aliphatic carbocycles. The molecule has 0 bridgehead atoms. The van der Waals surface area contributed by atoms with E-state index in [-0.39, 0.29) is 6.09 Å². The van der Waals surface area contributed by atoms with Crippen molar-refractivity contribution in [1.29, 1.82) is 0 Å². The monoisotopic (exact) mass is 206 g/mol. The number of carbonyl (C=O) groups is 1. The van der Waals surface area contributed by atoms with Gasteiger partial charge in [0.25, 0.3) is 0 Å². The molecule has 0 atom stereocenters. The van der Waals surface area contributed by atoms with Crippen molar-refractivity contribution in [2.45, 2.75) is 6.42 Å². The van der Waals surface area contributed by atoms with E-state index in [1.807, 2.05) is 24.3 Å². The number of rotatable bonds is 3. The van der Waals surface area contributed by atoms with E-state index < -0.39 is 0 Å². The van der Waals surface area contributed by atoms with Gasteiger partial charge in [0.15, 0.2) is 0 Å². The van der Waals surface area contributed by atoms with Gasteiger partial charge in [-0.2, -0.15) is 0 Å². The Labute approximate surface area is 88.6 Å². The van der Waals surface area contributed by atoms with E-state index in [9.17, 15) is 4.79 Å². The van der Waals surface area contributed by atoms with Crippen LogP contribution in [0, 0.1) is 0 Å². The molecular formula is C11H14N2O2. The summed E-state index contributed by atoms with van der Waals surface area (Å²) in [4.78, 5) is 12.9. The summed E-state index contributed by atoms with van der Waals surface area (Å²) < 4.78 is 4.84. The summed E-state index contributed by atoms with van der Waals surface area (Å²) in [5, 5.41) is 0. The molecule has 1 fully saturated rings. The molecule has 0 saturated carbocycles. The second-order valence-corrected chi connectivity index (χ2v) is 3.55. The fourth-order valence-corrected chi connectivity index (χ4v) is 1.65. The molecule has 1 aliphatic rings. The normalized spacial score (nSPS) is 15.5. The van der Waals surface area contributed by atoms with Gasteiger partial charge in [-0.3, -0.25) is 0 Å². The standard InChI is InChI=1S/C11H14N2O2/c12-10-4-2-1-3-9(10)5-6-13-7-8-15-11(13)14/h1-4H,5-8,12H2. The number of nitrogen functional groups attached to an aromatic ring is 1. The largest absolute Gasteiger partial charge is 0.448 e. The van der Waals surface area contributed by atoms with E-state index in [0.29, 0.717) is 19.7 Å². The van der Waals surface area contributed by atoms with Crippen LogP contribution in [0.25, 0.3) is 0 Å². The van der Waals surface area contributed by atoms with Crippen molar-refractivity contribution >= 4 is 11.8 Å². The van der Waals surface area contributed by atoms with Crippen molar-refractivity contribution < 1.29 is 9.53 Å². The van der Waals surface area contributed by atoms with Crippen LogP contribution in [-0.4, -0.2) is 30.7 Å². The molecule has 15 heavy (non-hydrogen) atoms. The number of nitrogens with zero attached hydrogens (tertiary/aromatic N) is 1. The third kappa shape index (κ3) is 2.21. The van der Waals surface area contributed by atoms with Gasteiger partial charge in [-0.1, -0.05) is 18.2 Å². The number of ether oxygens (including phenoxy) is 1. The van der Waals surface area contributed by atoms with Crippen molar-refractivity contribution in [3.63, 3.8) is 0 Å². The molecule has 1 aromatic carbocycles. The fraction of sp³-hybridized carbons (Fsp3) is 0.364. The zero-order chi connectivity index (χ0) is 10.7. The lowest BCUT2D eigenvalue weighted by Crippen LogP contribution is -2.26. The molecule has 1 aliphatic heterocycles. The van der Waals surface area contributed by atoms with Gasteiger partial charge in [0.05, 0.1) is 6.54 Å². The van der Waals surface area contributed by atoms with Crippen molar-refractivity contribution in [2.24, 2.45) is 0 Å². The molecule has 1 aromatic rings. The number of anilines is 1. The smallest absolute Gasteiger partial charge is 0.409 e. The van der Waals surface area contributed by atoms with Crippen molar-refractivity contribution in [3.8, 4) is 0 Å². The Morgan fingerprint density at radius 1 is 1.40 bits per heavy atom. The van der Waals surface area contributed by atoms with Crippen LogP contribution >= 0.6 is 0 Å². The lowest BCUT2D eigenvalue weighted by atomic mass is 10.1. The minimum absolute atomic E-state index is 0.218. The quantitative estimate of drug-likeness (QED) is 0.757. The molecule has 1 heterocycles. The van der Waals surface area contributed by atoms with Gasteiger partial charge in [-0.25, -0.2) is 4.79 Å². The first kappa shape index (κ1) is 9.83. The van der Waals surface area contributed by atoms with E-state index in [2.05, 4.69) is 0 Å². The molecule has 0 unspecified atom stereocenters. The molecule has 0 radical (unpaired) electrons. The van der Waals surface area contributed by atoms with Gasteiger partial charge >= 0.3 is 6.09 Å². The zero-order valence-electron chi connectivity index (χ0n) is 8.48. The number of hydrogen-bond acceptors (Lipinski definition) is 3. The highest BCUT2D eigenvalue weighted by atomic mass is 16.6. The van der Waals surface area contributed by atoms with Gasteiger partial charge in [-0.05, 0) is 18.1 Å². The molecule has 2 N–H and O–H groups in total. The van der Waals surface area contributed by atoms with Crippen LogP contribution in [0.4, 0.5) is 10.5 Å². The number of carbonyl (C=O) groups excluding carboxylic acids is 1. The zero-order valence-corrected chi connectivity index (χ0v) is 8.48. The molecule has 2 rings (SSSR count). The lowest BCUT2D eigenvalue weighted by Gasteiger charge is -2.12. The molecule has 4 heteroatoms. The first-order chi connectivity index (χ1) is 7.27. The molecular weight excluding hydrogens is 192 g/mol. The number of amides is 1. The Bertz CT molecular complexity index is 365. The van der Waals surface area contributed by atoms with Crippen LogP contribution in [0.2, 0.25) is 0 Å². The Morgan fingerprint density at radius 2 is 2.20 bits per heavy atom. The maximum absolute atomic E-state index is 11.2. The predicted molar refractivity (Wildman–Crippen MR) is 57.5 cm³/mol. The molecule has 80 valence electrons. The minimum atomic E-state index is -0.218. The molecule has 1 saturated heterocycles. The van der Waals surface area contributed by atoms with E-state index in [4.69, 9.17) is 10.5 Å². The fourth-order valence-electron chi connectivity index (χ4n) is 1.65. The van der Waals surface area contributed by atoms with E-state index in [1.54, 1.807) is 4.90 Å². The first-order valence-corrected chi connectivity index (χ1v) is 5.02. The van der Waals surface area contributed by atoms with Crippen LogP contribution in [0.15, 0.2) is 24.3 Å². The van der Waals surface area contributed by atoms with Gasteiger partial charge in [0.1, 0.15) is 6.61 Å². The van der Waals surface area contributed by atoms with Crippen molar-refractivity contribution in [2.75, 3.05) is 25.4 Å². The Kier molecular flexibility index (Phi) is 2.76. The molecule has 4 nitrogen and oxygen atoms in total. The second kappa shape index (κ2) is 4.21. The summed E-state index contributed by atoms with van der Waals surface area (Å²) in [5.74, 6) is 0. The predicted octanol–water partition coefficient (Wildman–Crippen LogP) is 1.26. The van der Waals surface area contributed by atoms with Gasteiger partial charge in [-0.15, -0.1) is 0 Å². The molecule has 0 aromatic heterocycles. The summed E-state index contributed by atoms with van der Waals surface area (Å²) >= 11 is 0. The number of hydrogen-bond donors (Lipinski definition) is 1. The Hall–Kier alpha value is -1.71. The number of cyclic esters (lactones) is 1. The Morgan fingerprint density at radius 3 is 2.87 bits per heavy atom. The van der Waals surface area contributed by atoms with E-state index in [1.165, 1.54) is 0 Å². The summed E-state index contributed by atoms with van der Waals surface area (Å²) in [7, 11) is 0. The average Bonchev–Trinajstić information content (AvgIpc) is 2.63. The summed E-state index contributed by atoms with van der Waals surface area (Å²) in [6, 6.07) is 7.71. The highest BCUT2D eigenvalue weighted by Crippen LogP contribution is 2.12. The highest BCUT2D eigenvalue weighted by Gasteiger charge is 2.21. The van der Waals surface area contributed by atoms with Crippen LogP contribution in [0.3, 0.4) is 0 Å². The number of nitrogens with two attached hydrogens (primary N) is 1. The number of benzene rings is 1. The average molecular weight is 206 g/mol. The maximum Gasteiger partial charge on any atom is 0.409 e. The van der Waals surface area contributed by atoms with Crippen LogP contribution in [0.1, 0.15) is 5.56 Å². The Balaban J connectivity index is 1.93. The number of para-hydroxylation sites is 1. The van der Waals surface area contributed by atoms with Gasteiger partial charge in [0, 0.05) is 12.2 Å². The lowest BCUT2D eigenvalue weighted by molar-refractivity contribution is 0.159. The van der Waals surface area contributed by atoms with Crippen molar-refractivity contribution in [3.05, 3.63) is 29.8 Å². The SMILES string of the molecule is Nc1ccccc1CCN1CCOC1=O. The third-order valence-corrected chi connectivity index (χ3v) is 2.55. The summed E-state index contributed by atoms with van der Waals surface area (Å²) in [6.07, 6.45) is 0.561. The van der Waals surface area contributed by atoms with Crippen LogP contribution < -0.4 is 5.73 Å². The second-order valence-electron chi connectivity index (χ2n) is 3.55.